The number of pyridine rings is 1. The summed E-state index contributed by atoms with van der Waals surface area (Å²) in [5.41, 5.74) is 7.85. The van der Waals surface area contributed by atoms with Crippen LogP contribution in [0.3, 0.4) is 0 Å². The van der Waals surface area contributed by atoms with Crippen molar-refractivity contribution < 1.29 is 4.57 Å². The zero-order chi connectivity index (χ0) is 15.2. The largest absolute Gasteiger partial charge is 0.212 e. The molecule has 1 aromatic heterocycles. The van der Waals surface area contributed by atoms with Crippen LogP contribution < -0.4 is 4.57 Å². The molecule has 0 radical (unpaired) electrons. The normalized spacial score (nSPS) is 19.4. The van der Waals surface area contributed by atoms with Crippen molar-refractivity contribution in [1.82, 2.24) is 0 Å². The Kier molecular flexibility index (Phi) is 3.32. The van der Waals surface area contributed by atoms with Gasteiger partial charge in [0.1, 0.15) is 7.05 Å². The van der Waals surface area contributed by atoms with Gasteiger partial charge in [-0.25, -0.2) is 0 Å². The van der Waals surface area contributed by atoms with Crippen LogP contribution in [-0.4, -0.2) is 0 Å². The Hall–Kier alpha value is -1.63. The zero-order valence-electron chi connectivity index (χ0n) is 13.9. The molecule has 1 heteroatoms. The maximum absolute atomic E-state index is 2.52. The topological polar surface area (TPSA) is 3.88 Å². The first kappa shape index (κ1) is 14.0. The summed E-state index contributed by atoms with van der Waals surface area (Å²) < 4.78 is 2.52. The quantitative estimate of drug-likeness (QED) is 0.674. The van der Waals surface area contributed by atoms with Crippen LogP contribution in [-0.2, 0) is 18.9 Å². The lowest BCUT2D eigenvalue weighted by molar-refractivity contribution is -0.672. The molecule has 2 aliphatic carbocycles. The summed E-state index contributed by atoms with van der Waals surface area (Å²) >= 11 is 0. The van der Waals surface area contributed by atoms with E-state index in [0.29, 0.717) is 5.41 Å². The Morgan fingerprint density at radius 2 is 1.68 bits per heavy atom. The molecular weight excluding hydrogens is 266 g/mol. The third kappa shape index (κ3) is 2.02. The highest BCUT2D eigenvalue weighted by atomic mass is 15.0. The number of hydrogen-bond acceptors (Lipinski definition) is 0. The van der Waals surface area contributed by atoms with Crippen molar-refractivity contribution in [3.63, 3.8) is 0 Å². The van der Waals surface area contributed by atoms with Crippen molar-refractivity contribution in [2.24, 2.45) is 7.05 Å². The Balaban J connectivity index is 1.88. The molecule has 1 spiro atoms. The van der Waals surface area contributed by atoms with E-state index in [0.717, 1.165) is 0 Å². The highest BCUT2D eigenvalue weighted by Crippen LogP contribution is 2.47. The molecular formula is C21H26N+. The highest BCUT2D eigenvalue weighted by molar-refractivity contribution is 5.61. The summed E-state index contributed by atoms with van der Waals surface area (Å²) in [5.74, 6) is 0. The average molecular weight is 292 g/mol. The van der Waals surface area contributed by atoms with Gasteiger partial charge in [-0.15, -0.1) is 0 Å². The van der Waals surface area contributed by atoms with Crippen LogP contribution in [0.2, 0.25) is 0 Å². The van der Waals surface area contributed by atoms with Gasteiger partial charge in [-0.1, -0.05) is 37.5 Å². The van der Waals surface area contributed by atoms with E-state index in [1.807, 2.05) is 0 Å². The predicted molar refractivity (Wildman–Crippen MR) is 90.9 cm³/mol. The van der Waals surface area contributed by atoms with E-state index in [1.54, 1.807) is 11.3 Å². The lowest BCUT2D eigenvalue weighted by atomic mass is 9.72. The third-order valence-electron chi connectivity index (χ3n) is 6.05. The van der Waals surface area contributed by atoms with E-state index >= 15 is 0 Å². The summed E-state index contributed by atoms with van der Waals surface area (Å²) in [6.45, 7) is 2.22. The molecule has 1 heterocycles. The first-order chi connectivity index (χ1) is 10.7. The van der Waals surface area contributed by atoms with Gasteiger partial charge < -0.3 is 0 Å². The van der Waals surface area contributed by atoms with E-state index < -0.39 is 0 Å². The van der Waals surface area contributed by atoms with E-state index in [-0.39, 0.29) is 0 Å². The number of aromatic nitrogens is 1. The number of fused-ring (bicyclic) bond motifs is 2. The van der Waals surface area contributed by atoms with Gasteiger partial charge in [-0.2, -0.15) is 4.57 Å². The molecule has 0 amide bonds. The molecule has 1 fully saturated rings. The lowest BCUT2D eigenvalue weighted by Gasteiger charge is -2.31. The number of nitrogens with zero attached hydrogens (tertiary/aromatic N) is 1. The van der Waals surface area contributed by atoms with Crippen LogP contribution in [0.1, 0.15) is 55.3 Å². The van der Waals surface area contributed by atoms with Gasteiger partial charge in [0.05, 0.1) is 5.41 Å². The van der Waals surface area contributed by atoms with Crippen LogP contribution in [0.4, 0.5) is 0 Å². The molecule has 2 aliphatic rings. The summed E-state index contributed by atoms with van der Waals surface area (Å²) in [7, 11) is 2.29. The molecule has 0 aliphatic heterocycles. The van der Waals surface area contributed by atoms with Gasteiger partial charge in [-0.3, -0.25) is 0 Å². The van der Waals surface area contributed by atoms with Gasteiger partial charge in [0.2, 0.25) is 5.69 Å². The molecule has 0 saturated heterocycles. The van der Waals surface area contributed by atoms with Gasteiger partial charge in [0.25, 0.3) is 0 Å². The van der Waals surface area contributed by atoms with Crippen molar-refractivity contribution in [3.05, 3.63) is 53.2 Å². The number of aryl methyl sites for hydroxylation is 2. The fourth-order valence-electron chi connectivity index (χ4n) is 4.94. The molecule has 4 rings (SSSR count). The SMILES string of the molecule is Cc1ccccc1-c1ccc2c([n+]1C)C1(CCCCC1)CC2. The van der Waals surface area contributed by atoms with Crippen LogP contribution in [0.25, 0.3) is 11.3 Å². The molecule has 2 aromatic rings. The first-order valence-electron chi connectivity index (χ1n) is 8.80. The van der Waals surface area contributed by atoms with E-state index in [9.17, 15) is 0 Å². The molecule has 114 valence electrons. The molecule has 0 N–H and O–H groups in total. The fourth-order valence-corrected chi connectivity index (χ4v) is 4.94. The van der Waals surface area contributed by atoms with Crippen molar-refractivity contribution in [3.8, 4) is 11.3 Å². The number of benzene rings is 1. The molecule has 1 nitrogen and oxygen atoms in total. The number of rotatable bonds is 1. The summed E-state index contributed by atoms with van der Waals surface area (Å²) in [6.07, 6.45) is 9.68. The Labute approximate surface area is 134 Å². The van der Waals surface area contributed by atoms with Crippen molar-refractivity contribution in [2.75, 3.05) is 0 Å². The minimum Gasteiger partial charge on any atom is -0.198 e. The van der Waals surface area contributed by atoms with E-state index in [1.165, 1.54) is 61.8 Å². The second-order valence-electron chi connectivity index (χ2n) is 7.31. The van der Waals surface area contributed by atoms with Crippen LogP contribution in [0.5, 0.6) is 0 Å². The van der Waals surface area contributed by atoms with Gasteiger partial charge in [0.15, 0.2) is 5.69 Å². The van der Waals surface area contributed by atoms with Crippen molar-refractivity contribution in [1.29, 1.82) is 0 Å². The molecule has 0 unspecified atom stereocenters. The summed E-state index contributed by atoms with van der Waals surface area (Å²) in [4.78, 5) is 0. The van der Waals surface area contributed by atoms with E-state index in [2.05, 4.69) is 54.9 Å². The van der Waals surface area contributed by atoms with Gasteiger partial charge in [0, 0.05) is 17.2 Å². The van der Waals surface area contributed by atoms with Crippen LogP contribution in [0.15, 0.2) is 36.4 Å². The highest BCUT2D eigenvalue weighted by Gasteiger charge is 2.46. The first-order valence-corrected chi connectivity index (χ1v) is 8.80. The minimum atomic E-state index is 0.473. The standard InChI is InChI=1S/C21H26N/c1-16-8-4-5-9-18(16)19-11-10-17-12-15-21(20(17)22(19)2)13-6-3-7-14-21/h4-5,8-11H,3,6-7,12-15H2,1-2H3/q+1. The Bertz CT molecular complexity index is 702. The summed E-state index contributed by atoms with van der Waals surface area (Å²) in [6, 6.07) is 13.5. The molecule has 0 bridgehead atoms. The zero-order valence-corrected chi connectivity index (χ0v) is 13.9. The third-order valence-corrected chi connectivity index (χ3v) is 6.05. The fraction of sp³-hybridized carbons (Fsp3) is 0.476. The predicted octanol–water partition coefficient (Wildman–Crippen LogP) is 4.63. The van der Waals surface area contributed by atoms with E-state index in [4.69, 9.17) is 0 Å². The second-order valence-corrected chi connectivity index (χ2v) is 7.31. The van der Waals surface area contributed by atoms with Crippen LogP contribution >= 0.6 is 0 Å². The Morgan fingerprint density at radius 3 is 2.45 bits per heavy atom. The van der Waals surface area contributed by atoms with Crippen LogP contribution in [0, 0.1) is 6.92 Å². The summed E-state index contributed by atoms with van der Waals surface area (Å²) in [5, 5.41) is 0. The van der Waals surface area contributed by atoms with Crippen molar-refractivity contribution in [2.45, 2.75) is 57.3 Å². The van der Waals surface area contributed by atoms with Gasteiger partial charge in [-0.05, 0) is 50.3 Å². The molecule has 22 heavy (non-hydrogen) atoms. The Morgan fingerprint density at radius 1 is 0.909 bits per heavy atom. The maximum atomic E-state index is 2.52. The monoisotopic (exact) mass is 292 g/mol. The average Bonchev–Trinajstić information content (AvgIpc) is 2.89. The van der Waals surface area contributed by atoms with Gasteiger partial charge >= 0.3 is 0 Å². The molecule has 1 saturated carbocycles. The minimum absolute atomic E-state index is 0.473. The maximum Gasteiger partial charge on any atom is 0.212 e. The second kappa shape index (κ2) is 5.22. The smallest absolute Gasteiger partial charge is 0.198 e. The molecule has 0 atom stereocenters. The lowest BCUT2D eigenvalue weighted by Crippen LogP contribution is -2.44. The van der Waals surface area contributed by atoms with Crippen molar-refractivity contribution >= 4 is 0 Å². The number of hydrogen-bond donors (Lipinski definition) is 0. The molecule has 1 aromatic carbocycles.